The molecule has 5 rings (SSSR count). The highest BCUT2D eigenvalue weighted by atomic mass is 127. The Morgan fingerprint density at radius 2 is 1.95 bits per heavy atom. The number of halogens is 2. The third-order valence-corrected chi connectivity index (χ3v) is 6.91. The number of amides is 1. The number of imidazole rings is 2. The van der Waals surface area contributed by atoms with Crippen molar-refractivity contribution in [3.05, 3.63) is 63.4 Å². The van der Waals surface area contributed by atoms with Gasteiger partial charge in [0.25, 0.3) is 0 Å². The number of hydrogen-bond acceptors (Lipinski definition) is 6. The number of carbonyl (C=O) groups is 1. The monoisotopic (exact) mass is 618 g/mol. The molecule has 9 nitrogen and oxygen atoms in total. The number of ether oxygens (including phenoxy) is 2. The van der Waals surface area contributed by atoms with Crippen molar-refractivity contribution >= 4 is 34.3 Å². The van der Waals surface area contributed by atoms with Crippen LogP contribution in [0.3, 0.4) is 0 Å². The van der Waals surface area contributed by atoms with Gasteiger partial charge < -0.3 is 14.0 Å². The second-order valence-electron chi connectivity index (χ2n) is 10.0. The number of pyridine rings is 2. The van der Waals surface area contributed by atoms with Gasteiger partial charge in [0.15, 0.2) is 0 Å². The van der Waals surface area contributed by atoms with Crippen LogP contribution in [0.2, 0.25) is 0 Å². The van der Waals surface area contributed by atoms with Gasteiger partial charge in [-0.2, -0.15) is 0 Å². The fourth-order valence-corrected chi connectivity index (χ4v) is 4.99. The fourth-order valence-electron chi connectivity index (χ4n) is 4.37. The van der Waals surface area contributed by atoms with Crippen LogP contribution in [0, 0.1) is 16.4 Å². The van der Waals surface area contributed by atoms with Crippen molar-refractivity contribution in [3.8, 4) is 17.1 Å². The van der Waals surface area contributed by atoms with Crippen molar-refractivity contribution < 1.29 is 18.7 Å². The molecule has 1 amide bonds. The van der Waals surface area contributed by atoms with E-state index in [1.807, 2.05) is 51.2 Å². The van der Waals surface area contributed by atoms with Crippen LogP contribution < -0.4 is 4.74 Å². The number of rotatable bonds is 4. The Balaban J connectivity index is 1.48. The molecule has 194 valence electrons. The molecule has 0 aromatic carbocycles. The fraction of sp³-hybridized carbons (Fsp3) is 0.385. The largest absolute Gasteiger partial charge is 0.469 e. The molecular formula is C26H28FIN6O3. The minimum absolute atomic E-state index is 0.339. The summed E-state index contributed by atoms with van der Waals surface area (Å²) >= 11 is 2.21. The highest BCUT2D eigenvalue weighted by Gasteiger charge is 2.29. The van der Waals surface area contributed by atoms with Crippen molar-refractivity contribution in [1.29, 1.82) is 0 Å². The molecule has 0 saturated carbocycles. The highest BCUT2D eigenvalue weighted by Crippen LogP contribution is 2.33. The highest BCUT2D eigenvalue weighted by molar-refractivity contribution is 14.1. The molecule has 4 aromatic rings. The van der Waals surface area contributed by atoms with Crippen molar-refractivity contribution in [2.75, 3.05) is 6.54 Å². The Labute approximate surface area is 227 Å². The SMILES string of the molecule is Cc1c(-c2cc(OC(C)c3ccc(F)cn3)n3c(I)cnc3c2)nc2n1CCN(C(=O)OC(C)(C)C)C2. The molecule has 0 N–H and O–H groups in total. The number of fused-ring (bicyclic) bond motifs is 2. The maximum atomic E-state index is 13.4. The summed E-state index contributed by atoms with van der Waals surface area (Å²) in [6.07, 6.45) is 2.20. The molecule has 1 aliphatic rings. The zero-order valence-corrected chi connectivity index (χ0v) is 23.5. The molecule has 4 aromatic heterocycles. The minimum Gasteiger partial charge on any atom is -0.469 e. The lowest BCUT2D eigenvalue weighted by molar-refractivity contribution is 0.0194. The smallest absolute Gasteiger partial charge is 0.410 e. The summed E-state index contributed by atoms with van der Waals surface area (Å²) in [7, 11) is 0. The number of aromatic nitrogens is 5. The molecule has 0 bridgehead atoms. The molecule has 0 saturated heterocycles. The molecule has 0 aliphatic carbocycles. The molecule has 1 aliphatic heterocycles. The average Bonchev–Trinajstić information content (AvgIpc) is 3.38. The molecular weight excluding hydrogens is 590 g/mol. The second kappa shape index (κ2) is 9.58. The first kappa shape index (κ1) is 25.4. The van der Waals surface area contributed by atoms with E-state index in [-0.39, 0.29) is 6.09 Å². The van der Waals surface area contributed by atoms with Crippen LogP contribution in [0.1, 0.15) is 51.0 Å². The first-order valence-electron chi connectivity index (χ1n) is 12.0. The summed E-state index contributed by atoms with van der Waals surface area (Å²) < 4.78 is 30.2. The minimum atomic E-state index is -0.556. The van der Waals surface area contributed by atoms with E-state index in [1.54, 1.807) is 17.2 Å². The van der Waals surface area contributed by atoms with Gasteiger partial charge in [0, 0.05) is 30.4 Å². The van der Waals surface area contributed by atoms with Gasteiger partial charge in [0.05, 0.1) is 30.3 Å². The molecule has 1 unspecified atom stereocenters. The summed E-state index contributed by atoms with van der Waals surface area (Å²) in [6, 6.07) is 6.89. The molecule has 0 radical (unpaired) electrons. The predicted molar refractivity (Wildman–Crippen MR) is 144 cm³/mol. The van der Waals surface area contributed by atoms with Gasteiger partial charge in [-0.25, -0.2) is 19.2 Å². The zero-order chi connectivity index (χ0) is 26.5. The first-order valence-corrected chi connectivity index (χ1v) is 13.1. The number of hydrogen-bond donors (Lipinski definition) is 0. The van der Waals surface area contributed by atoms with Crippen LogP contribution in [0.25, 0.3) is 16.9 Å². The van der Waals surface area contributed by atoms with E-state index >= 15 is 0 Å². The van der Waals surface area contributed by atoms with Gasteiger partial charge >= 0.3 is 6.09 Å². The maximum absolute atomic E-state index is 13.4. The molecule has 1 atom stereocenters. The lowest BCUT2D eigenvalue weighted by Gasteiger charge is -2.30. The van der Waals surface area contributed by atoms with Crippen LogP contribution in [0.15, 0.2) is 36.7 Å². The first-order chi connectivity index (χ1) is 17.5. The standard InChI is InChI=1S/C26H28FIN6O3/c1-15-24(31-22-14-32(8-9-33(15)22)25(35)37-26(3,4)5)17-10-21-30-13-20(28)34(21)23(11-17)36-16(2)19-7-6-18(27)12-29-19/h6-7,10-13,16H,8-9,14H2,1-5H3. The zero-order valence-electron chi connectivity index (χ0n) is 21.3. The Morgan fingerprint density at radius 3 is 2.65 bits per heavy atom. The van der Waals surface area contributed by atoms with E-state index in [1.165, 1.54) is 12.3 Å². The Bertz CT molecular complexity index is 1470. The summed E-state index contributed by atoms with van der Waals surface area (Å²) in [6.45, 7) is 11.0. The van der Waals surface area contributed by atoms with E-state index < -0.39 is 17.5 Å². The van der Waals surface area contributed by atoms with Gasteiger partial charge in [-0.05, 0) is 75.4 Å². The van der Waals surface area contributed by atoms with E-state index in [0.717, 1.165) is 32.1 Å². The van der Waals surface area contributed by atoms with E-state index in [9.17, 15) is 9.18 Å². The topological polar surface area (TPSA) is 86.8 Å². The van der Waals surface area contributed by atoms with Gasteiger partial charge in [0.1, 0.15) is 32.7 Å². The summed E-state index contributed by atoms with van der Waals surface area (Å²) in [5.74, 6) is 0.983. The Morgan fingerprint density at radius 1 is 1.16 bits per heavy atom. The van der Waals surface area contributed by atoms with Crippen molar-refractivity contribution in [2.24, 2.45) is 0 Å². The van der Waals surface area contributed by atoms with E-state index in [2.05, 4.69) is 37.1 Å². The maximum Gasteiger partial charge on any atom is 0.410 e. The summed E-state index contributed by atoms with van der Waals surface area (Å²) in [4.78, 5) is 27.9. The Kier molecular flexibility index (Phi) is 6.59. The second-order valence-corrected chi connectivity index (χ2v) is 11.1. The molecule has 37 heavy (non-hydrogen) atoms. The quantitative estimate of drug-likeness (QED) is 0.280. The van der Waals surface area contributed by atoms with E-state index in [4.69, 9.17) is 14.5 Å². The normalized spacial score (nSPS) is 14.5. The molecule has 0 fully saturated rings. The van der Waals surface area contributed by atoms with Crippen LogP contribution in [-0.2, 0) is 17.8 Å². The van der Waals surface area contributed by atoms with Gasteiger partial charge in [0.2, 0.25) is 5.88 Å². The van der Waals surface area contributed by atoms with Crippen LogP contribution >= 0.6 is 22.6 Å². The summed E-state index contributed by atoms with van der Waals surface area (Å²) in [5.41, 5.74) is 3.44. The van der Waals surface area contributed by atoms with Crippen LogP contribution in [-0.4, -0.2) is 47.1 Å². The predicted octanol–water partition coefficient (Wildman–Crippen LogP) is 5.54. The third-order valence-electron chi connectivity index (χ3n) is 6.15. The van der Waals surface area contributed by atoms with Crippen molar-refractivity contribution in [1.82, 2.24) is 28.8 Å². The van der Waals surface area contributed by atoms with E-state index in [0.29, 0.717) is 31.2 Å². The Hall–Kier alpha value is -3.22. The summed E-state index contributed by atoms with van der Waals surface area (Å²) in [5, 5.41) is 0. The van der Waals surface area contributed by atoms with Crippen molar-refractivity contribution in [2.45, 2.75) is 59.4 Å². The molecule has 11 heteroatoms. The lowest BCUT2D eigenvalue weighted by Crippen LogP contribution is -2.41. The third kappa shape index (κ3) is 5.13. The molecule has 5 heterocycles. The lowest BCUT2D eigenvalue weighted by atomic mass is 10.1. The van der Waals surface area contributed by atoms with Crippen molar-refractivity contribution in [3.63, 3.8) is 0 Å². The average molecular weight is 618 g/mol. The van der Waals surface area contributed by atoms with Crippen LogP contribution in [0.5, 0.6) is 5.88 Å². The number of nitrogens with zero attached hydrogens (tertiary/aromatic N) is 6. The van der Waals surface area contributed by atoms with Gasteiger partial charge in [-0.15, -0.1) is 0 Å². The van der Waals surface area contributed by atoms with Crippen LogP contribution in [0.4, 0.5) is 9.18 Å². The molecule has 0 spiro atoms. The van der Waals surface area contributed by atoms with Gasteiger partial charge in [-0.1, -0.05) is 0 Å². The van der Waals surface area contributed by atoms with Gasteiger partial charge in [-0.3, -0.25) is 14.3 Å². The number of carbonyl (C=O) groups excluding carboxylic acids is 1.